The Labute approximate surface area is 133 Å². The van der Waals surface area contributed by atoms with Gasteiger partial charge in [0.15, 0.2) is 0 Å². The van der Waals surface area contributed by atoms with E-state index in [-0.39, 0.29) is 5.92 Å². The van der Waals surface area contributed by atoms with E-state index in [1.807, 2.05) is 34.6 Å². The van der Waals surface area contributed by atoms with Gasteiger partial charge in [0.1, 0.15) is 11.4 Å². The average molecular weight is 303 g/mol. The first kappa shape index (κ1) is 17.9. The second kappa shape index (κ2) is 7.22. The lowest BCUT2D eigenvalue weighted by Crippen LogP contribution is -2.39. The first-order valence-corrected chi connectivity index (χ1v) is 7.32. The minimum absolute atomic E-state index is 0.285. The van der Waals surface area contributed by atoms with Crippen LogP contribution in [0.25, 0.3) is 0 Å². The number of amides is 1. The zero-order valence-electron chi connectivity index (χ0n) is 14.3. The largest absolute Gasteiger partial charge is 0.497 e. The number of carbonyl (C=O) groups excluding carboxylic acids is 1. The molecule has 0 saturated carbocycles. The molecule has 120 valence electrons. The zero-order valence-corrected chi connectivity index (χ0v) is 14.3. The lowest BCUT2D eigenvalue weighted by Gasteiger charge is -2.29. The number of rotatable bonds is 4. The topological polar surface area (TPSA) is 38.8 Å². The summed E-state index contributed by atoms with van der Waals surface area (Å²) in [5.74, 6) is 3.48. The fraction of sp³-hybridized carbons (Fsp3) is 0.500. The quantitative estimate of drug-likeness (QED) is 0.787. The molecule has 1 aromatic carbocycles. The number of carbonyl (C=O) groups is 1. The smallest absolute Gasteiger partial charge is 0.414 e. The van der Waals surface area contributed by atoms with Gasteiger partial charge in [-0.15, -0.1) is 6.42 Å². The summed E-state index contributed by atoms with van der Waals surface area (Å²) >= 11 is 0. The Kier molecular flexibility index (Phi) is 5.87. The average Bonchev–Trinajstić information content (AvgIpc) is 2.41. The highest BCUT2D eigenvalue weighted by Crippen LogP contribution is 2.26. The van der Waals surface area contributed by atoms with Gasteiger partial charge in [0.05, 0.1) is 12.8 Å². The molecule has 0 saturated heterocycles. The number of nitrogens with zero attached hydrogens (tertiary/aromatic N) is 1. The molecular weight excluding hydrogens is 278 g/mol. The van der Waals surface area contributed by atoms with Crippen molar-refractivity contribution in [2.45, 2.75) is 40.2 Å². The molecule has 1 aromatic rings. The van der Waals surface area contributed by atoms with Gasteiger partial charge < -0.3 is 9.47 Å². The molecule has 0 aliphatic rings. The summed E-state index contributed by atoms with van der Waals surface area (Å²) in [5, 5.41) is 0. The van der Waals surface area contributed by atoms with Gasteiger partial charge in [0, 0.05) is 18.2 Å². The standard InChI is InChI=1S/C18H25NO3/c1-8-14-9-15(11-16(10-14)21-7)19(12-13(2)3)17(20)22-18(4,5)6/h1,9-11,13H,12H2,2-7H3. The normalized spacial score (nSPS) is 11.0. The SMILES string of the molecule is C#Cc1cc(OC)cc(N(CC(C)C)C(=O)OC(C)(C)C)c1. The number of hydrogen-bond acceptors (Lipinski definition) is 3. The molecule has 0 bridgehead atoms. The molecule has 1 rings (SSSR count). The molecule has 0 radical (unpaired) electrons. The maximum absolute atomic E-state index is 12.5. The van der Waals surface area contributed by atoms with Gasteiger partial charge in [-0.3, -0.25) is 4.90 Å². The Morgan fingerprint density at radius 2 is 1.95 bits per heavy atom. The molecule has 0 aliphatic heterocycles. The highest BCUT2D eigenvalue weighted by Gasteiger charge is 2.24. The molecule has 4 nitrogen and oxygen atoms in total. The van der Waals surface area contributed by atoms with E-state index in [0.717, 1.165) is 0 Å². The van der Waals surface area contributed by atoms with Crippen molar-refractivity contribution in [1.82, 2.24) is 0 Å². The number of anilines is 1. The van der Waals surface area contributed by atoms with Crippen LogP contribution in [0.1, 0.15) is 40.2 Å². The fourth-order valence-electron chi connectivity index (χ4n) is 1.91. The highest BCUT2D eigenvalue weighted by molar-refractivity contribution is 5.88. The lowest BCUT2D eigenvalue weighted by molar-refractivity contribution is 0.0576. The molecule has 1 amide bonds. The minimum Gasteiger partial charge on any atom is -0.497 e. The van der Waals surface area contributed by atoms with Crippen molar-refractivity contribution in [2.75, 3.05) is 18.6 Å². The Hall–Kier alpha value is -2.15. The monoisotopic (exact) mass is 303 g/mol. The van der Waals surface area contributed by atoms with E-state index in [1.54, 1.807) is 30.2 Å². The Morgan fingerprint density at radius 1 is 1.32 bits per heavy atom. The van der Waals surface area contributed by atoms with Crippen LogP contribution in [-0.2, 0) is 4.74 Å². The van der Waals surface area contributed by atoms with Gasteiger partial charge >= 0.3 is 6.09 Å². The van der Waals surface area contributed by atoms with Crippen LogP contribution in [0.2, 0.25) is 0 Å². The maximum Gasteiger partial charge on any atom is 0.414 e. The predicted octanol–water partition coefficient (Wildman–Crippen LogP) is 4.07. The van der Waals surface area contributed by atoms with E-state index in [9.17, 15) is 4.79 Å². The van der Waals surface area contributed by atoms with Crippen LogP contribution in [0.4, 0.5) is 10.5 Å². The first-order chi connectivity index (χ1) is 10.2. The summed E-state index contributed by atoms with van der Waals surface area (Å²) < 4.78 is 10.8. The third kappa shape index (κ3) is 5.33. The van der Waals surface area contributed by atoms with Crippen LogP contribution < -0.4 is 9.64 Å². The van der Waals surface area contributed by atoms with Gasteiger partial charge in [0.2, 0.25) is 0 Å². The second-order valence-electron chi connectivity index (χ2n) is 6.55. The van der Waals surface area contributed by atoms with Crippen LogP contribution >= 0.6 is 0 Å². The molecule has 4 heteroatoms. The van der Waals surface area contributed by atoms with E-state index in [4.69, 9.17) is 15.9 Å². The van der Waals surface area contributed by atoms with Crippen molar-refractivity contribution in [3.05, 3.63) is 23.8 Å². The Morgan fingerprint density at radius 3 is 2.41 bits per heavy atom. The Balaban J connectivity index is 3.22. The lowest BCUT2D eigenvalue weighted by atomic mass is 10.1. The molecule has 0 aromatic heterocycles. The summed E-state index contributed by atoms with van der Waals surface area (Å²) in [4.78, 5) is 14.1. The summed E-state index contributed by atoms with van der Waals surface area (Å²) in [6, 6.07) is 5.33. The van der Waals surface area contributed by atoms with Crippen molar-refractivity contribution < 1.29 is 14.3 Å². The summed E-state index contributed by atoms with van der Waals surface area (Å²) in [6.45, 7) is 10.1. The van der Waals surface area contributed by atoms with Gasteiger partial charge in [-0.2, -0.15) is 0 Å². The van der Waals surface area contributed by atoms with E-state index in [0.29, 0.717) is 23.5 Å². The van der Waals surface area contributed by atoms with Crippen molar-refractivity contribution in [2.24, 2.45) is 5.92 Å². The number of terminal acetylenes is 1. The molecule has 0 atom stereocenters. The molecule has 0 spiro atoms. The van der Waals surface area contributed by atoms with Crippen LogP contribution in [0.15, 0.2) is 18.2 Å². The summed E-state index contributed by atoms with van der Waals surface area (Å²) in [7, 11) is 1.57. The maximum atomic E-state index is 12.5. The molecular formula is C18H25NO3. The molecule has 0 fully saturated rings. The van der Waals surface area contributed by atoms with Gasteiger partial charge in [-0.25, -0.2) is 4.79 Å². The number of benzene rings is 1. The van der Waals surface area contributed by atoms with Crippen molar-refractivity contribution >= 4 is 11.8 Å². The van der Waals surface area contributed by atoms with Gasteiger partial charge in [-0.05, 0) is 38.8 Å². The Bertz CT molecular complexity index is 565. The van der Waals surface area contributed by atoms with E-state index >= 15 is 0 Å². The van der Waals surface area contributed by atoms with Crippen LogP contribution in [0, 0.1) is 18.3 Å². The van der Waals surface area contributed by atoms with Gasteiger partial charge in [-0.1, -0.05) is 19.8 Å². The van der Waals surface area contributed by atoms with E-state index in [2.05, 4.69) is 5.92 Å². The third-order valence-electron chi connectivity index (χ3n) is 2.77. The fourth-order valence-corrected chi connectivity index (χ4v) is 1.91. The number of hydrogen-bond donors (Lipinski definition) is 0. The molecule has 0 aliphatic carbocycles. The predicted molar refractivity (Wildman–Crippen MR) is 89.3 cm³/mol. The van der Waals surface area contributed by atoms with Crippen molar-refractivity contribution in [3.8, 4) is 18.1 Å². The molecule has 0 unspecified atom stereocenters. The molecule has 22 heavy (non-hydrogen) atoms. The molecule has 0 N–H and O–H groups in total. The summed E-state index contributed by atoms with van der Waals surface area (Å²) in [6.07, 6.45) is 5.09. The highest BCUT2D eigenvalue weighted by atomic mass is 16.6. The van der Waals surface area contributed by atoms with Gasteiger partial charge in [0.25, 0.3) is 0 Å². The summed E-state index contributed by atoms with van der Waals surface area (Å²) in [5.41, 5.74) is 0.780. The third-order valence-corrected chi connectivity index (χ3v) is 2.77. The van der Waals surface area contributed by atoms with Crippen LogP contribution in [-0.4, -0.2) is 25.3 Å². The number of ether oxygens (including phenoxy) is 2. The molecule has 0 heterocycles. The minimum atomic E-state index is -0.555. The van der Waals surface area contributed by atoms with E-state index in [1.165, 1.54) is 0 Å². The van der Waals surface area contributed by atoms with Crippen molar-refractivity contribution in [3.63, 3.8) is 0 Å². The van der Waals surface area contributed by atoms with E-state index < -0.39 is 11.7 Å². The number of methoxy groups -OCH3 is 1. The van der Waals surface area contributed by atoms with Crippen LogP contribution in [0.5, 0.6) is 5.75 Å². The van der Waals surface area contributed by atoms with Crippen molar-refractivity contribution in [1.29, 1.82) is 0 Å². The van der Waals surface area contributed by atoms with Crippen LogP contribution in [0.3, 0.4) is 0 Å². The second-order valence-corrected chi connectivity index (χ2v) is 6.55. The zero-order chi connectivity index (χ0) is 16.9. The first-order valence-electron chi connectivity index (χ1n) is 7.32.